The van der Waals surface area contributed by atoms with E-state index in [9.17, 15) is 9.59 Å². The normalized spacial score (nSPS) is 10.3. The van der Waals surface area contributed by atoms with Gasteiger partial charge in [-0.1, -0.05) is 25.8 Å². The maximum absolute atomic E-state index is 11.7. The van der Waals surface area contributed by atoms with E-state index in [0.29, 0.717) is 19.3 Å². The Bertz CT molecular complexity index is 360. The summed E-state index contributed by atoms with van der Waals surface area (Å²) in [7, 11) is 0. The Hall–Kier alpha value is -1.16. The molecule has 1 amide bonds. The lowest BCUT2D eigenvalue weighted by atomic mass is 10.1. The molecule has 0 saturated heterocycles. The molecule has 1 aromatic heterocycles. The highest BCUT2D eigenvalue weighted by Crippen LogP contribution is 2.12. The standard InChI is InChI=1S/C14H21NO2S/c1-2-3-4-10-15-14(17)9-5-7-12(16)13-8-6-11-18-13/h6,8,11H,2-5,7,9-10H2,1H3,(H,15,17). The fourth-order valence-electron chi connectivity index (χ4n) is 1.66. The summed E-state index contributed by atoms with van der Waals surface area (Å²) in [5.41, 5.74) is 0. The predicted molar refractivity (Wildman–Crippen MR) is 75.0 cm³/mol. The van der Waals surface area contributed by atoms with Crippen LogP contribution in [0.15, 0.2) is 17.5 Å². The Kier molecular flexibility index (Phi) is 7.34. The second kappa shape index (κ2) is 8.86. The summed E-state index contributed by atoms with van der Waals surface area (Å²) >= 11 is 1.46. The molecule has 0 spiro atoms. The molecule has 0 aliphatic heterocycles. The second-order valence-corrected chi connectivity index (χ2v) is 5.26. The molecule has 1 heterocycles. The van der Waals surface area contributed by atoms with Crippen molar-refractivity contribution in [2.24, 2.45) is 0 Å². The third-order valence-electron chi connectivity index (χ3n) is 2.71. The lowest BCUT2D eigenvalue weighted by molar-refractivity contribution is -0.121. The van der Waals surface area contributed by atoms with Gasteiger partial charge in [-0.05, 0) is 24.3 Å². The Morgan fingerprint density at radius 3 is 2.72 bits per heavy atom. The molecule has 18 heavy (non-hydrogen) atoms. The van der Waals surface area contributed by atoms with Gasteiger partial charge < -0.3 is 5.32 Å². The molecule has 1 aromatic rings. The van der Waals surface area contributed by atoms with Gasteiger partial charge in [-0.25, -0.2) is 0 Å². The fourth-order valence-corrected chi connectivity index (χ4v) is 2.36. The highest BCUT2D eigenvalue weighted by Gasteiger charge is 2.07. The Morgan fingerprint density at radius 1 is 1.22 bits per heavy atom. The van der Waals surface area contributed by atoms with Crippen LogP contribution in [0.5, 0.6) is 0 Å². The van der Waals surface area contributed by atoms with Gasteiger partial charge in [-0.2, -0.15) is 0 Å². The van der Waals surface area contributed by atoms with E-state index in [-0.39, 0.29) is 11.7 Å². The van der Waals surface area contributed by atoms with Crippen molar-refractivity contribution in [2.45, 2.75) is 45.4 Å². The molecule has 0 fully saturated rings. The average Bonchev–Trinajstić information content (AvgIpc) is 2.88. The van der Waals surface area contributed by atoms with Crippen molar-refractivity contribution in [1.29, 1.82) is 0 Å². The number of ketones is 1. The zero-order chi connectivity index (χ0) is 13.2. The summed E-state index contributed by atoms with van der Waals surface area (Å²) in [6, 6.07) is 3.70. The number of hydrogen-bond acceptors (Lipinski definition) is 3. The predicted octanol–water partition coefficient (Wildman–Crippen LogP) is 3.41. The molecular formula is C14H21NO2S. The van der Waals surface area contributed by atoms with Crippen LogP contribution in [0.25, 0.3) is 0 Å². The molecule has 4 heteroatoms. The first-order valence-corrected chi connectivity index (χ1v) is 7.45. The molecule has 0 aliphatic rings. The molecular weight excluding hydrogens is 246 g/mol. The quantitative estimate of drug-likeness (QED) is 0.550. The minimum Gasteiger partial charge on any atom is -0.356 e. The fraction of sp³-hybridized carbons (Fsp3) is 0.571. The van der Waals surface area contributed by atoms with Crippen molar-refractivity contribution >= 4 is 23.0 Å². The summed E-state index contributed by atoms with van der Waals surface area (Å²) in [5, 5.41) is 4.77. The van der Waals surface area contributed by atoms with Crippen LogP contribution in [0.4, 0.5) is 0 Å². The molecule has 100 valence electrons. The number of thiophene rings is 1. The summed E-state index contributed by atoms with van der Waals surface area (Å²) in [4.78, 5) is 23.9. The number of Topliss-reactive ketones (excluding diaryl/α,β-unsaturated/α-hetero) is 1. The van der Waals surface area contributed by atoms with Gasteiger partial charge in [-0.3, -0.25) is 9.59 Å². The number of amides is 1. The zero-order valence-corrected chi connectivity index (χ0v) is 11.7. The summed E-state index contributed by atoms with van der Waals surface area (Å²) in [6.45, 7) is 2.89. The topological polar surface area (TPSA) is 46.2 Å². The van der Waals surface area contributed by atoms with Gasteiger partial charge in [-0.15, -0.1) is 11.3 Å². The van der Waals surface area contributed by atoms with E-state index in [1.165, 1.54) is 11.3 Å². The van der Waals surface area contributed by atoms with Gasteiger partial charge in [0.25, 0.3) is 0 Å². The smallest absolute Gasteiger partial charge is 0.220 e. The highest BCUT2D eigenvalue weighted by atomic mass is 32.1. The van der Waals surface area contributed by atoms with Gasteiger partial charge in [0.2, 0.25) is 5.91 Å². The van der Waals surface area contributed by atoms with Gasteiger partial charge >= 0.3 is 0 Å². The van der Waals surface area contributed by atoms with Crippen LogP contribution in [-0.2, 0) is 4.79 Å². The monoisotopic (exact) mass is 267 g/mol. The van der Waals surface area contributed by atoms with Crippen LogP contribution in [0.2, 0.25) is 0 Å². The largest absolute Gasteiger partial charge is 0.356 e. The van der Waals surface area contributed by atoms with E-state index < -0.39 is 0 Å². The maximum atomic E-state index is 11.7. The van der Waals surface area contributed by atoms with E-state index in [2.05, 4.69) is 12.2 Å². The molecule has 1 rings (SSSR count). The molecule has 0 atom stereocenters. The Morgan fingerprint density at radius 2 is 2.06 bits per heavy atom. The maximum Gasteiger partial charge on any atom is 0.220 e. The summed E-state index contributed by atoms with van der Waals surface area (Å²) in [6.07, 6.45) is 4.89. The first-order valence-electron chi connectivity index (χ1n) is 6.57. The molecule has 1 N–H and O–H groups in total. The molecule has 0 aliphatic carbocycles. The van der Waals surface area contributed by atoms with Gasteiger partial charge in [0.05, 0.1) is 4.88 Å². The number of carbonyl (C=O) groups excluding carboxylic acids is 2. The van der Waals surface area contributed by atoms with Gasteiger partial charge in [0.1, 0.15) is 0 Å². The van der Waals surface area contributed by atoms with Gasteiger partial charge in [0.15, 0.2) is 5.78 Å². The van der Waals surface area contributed by atoms with E-state index in [1.807, 2.05) is 17.5 Å². The van der Waals surface area contributed by atoms with E-state index in [0.717, 1.165) is 30.7 Å². The second-order valence-electron chi connectivity index (χ2n) is 4.31. The Balaban J connectivity index is 2.07. The number of carbonyl (C=O) groups is 2. The Labute approximate surface area is 113 Å². The van der Waals surface area contributed by atoms with Crippen LogP contribution in [0, 0.1) is 0 Å². The summed E-state index contributed by atoms with van der Waals surface area (Å²) < 4.78 is 0. The number of rotatable bonds is 9. The van der Waals surface area contributed by atoms with E-state index in [1.54, 1.807) is 0 Å². The molecule has 0 saturated carbocycles. The minimum atomic E-state index is 0.0603. The van der Waals surface area contributed by atoms with Crippen molar-refractivity contribution < 1.29 is 9.59 Å². The zero-order valence-electron chi connectivity index (χ0n) is 10.9. The highest BCUT2D eigenvalue weighted by molar-refractivity contribution is 7.12. The van der Waals surface area contributed by atoms with Crippen LogP contribution in [0.3, 0.4) is 0 Å². The lowest BCUT2D eigenvalue weighted by Crippen LogP contribution is -2.24. The van der Waals surface area contributed by atoms with E-state index >= 15 is 0 Å². The summed E-state index contributed by atoms with van der Waals surface area (Å²) in [5.74, 6) is 0.203. The third-order valence-corrected chi connectivity index (χ3v) is 3.62. The number of unbranched alkanes of at least 4 members (excludes halogenated alkanes) is 2. The first kappa shape index (κ1) is 14.9. The van der Waals surface area contributed by atoms with Crippen molar-refractivity contribution in [3.05, 3.63) is 22.4 Å². The minimum absolute atomic E-state index is 0.0603. The lowest BCUT2D eigenvalue weighted by Gasteiger charge is -2.04. The van der Waals surface area contributed by atoms with Crippen molar-refractivity contribution in [3.8, 4) is 0 Å². The first-order chi connectivity index (χ1) is 8.74. The number of nitrogens with one attached hydrogen (secondary N) is 1. The molecule has 3 nitrogen and oxygen atoms in total. The number of hydrogen-bond donors (Lipinski definition) is 1. The third kappa shape index (κ3) is 5.96. The SMILES string of the molecule is CCCCCNC(=O)CCCC(=O)c1cccs1. The molecule has 0 unspecified atom stereocenters. The van der Waals surface area contributed by atoms with Crippen molar-refractivity contribution in [1.82, 2.24) is 5.32 Å². The van der Waals surface area contributed by atoms with Crippen molar-refractivity contribution in [2.75, 3.05) is 6.54 Å². The molecule has 0 radical (unpaired) electrons. The van der Waals surface area contributed by atoms with Crippen molar-refractivity contribution in [3.63, 3.8) is 0 Å². The van der Waals surface area contributed by atoms with Crippen LogP contribution < -0.4 is 5.32 Å². The molecule has 0 aromatic carbocycles. The van der Waals surface area contributed by atoms with E-state index in [4.69, 9.17) is 0 Å². The van der Waals surface area contributed by atoms with Crippen LogP contribution in [0.1, 0.15) is 55.1 Å². The molecule has 0 bridgehead atoms. The van der Waals surface area contributed by atoms with Gasteiger partial charge in [0, 0.05) is 19.4 Å². The average molecular weight is 267 g/mol. The van der Waals surface area contributed by atoms with Crippen LogP contribution >= 0.6 is 11.3 Å². The van der Waals surface area contributed by atoms with Crippen LogP contribution in [-0.4, -0.2) is 18.2 Å².